The summed E-state index contributed by atoms with van der Waals surface area (Å²) in [5.41, 5.74) is 2.90. The van der Waals surface area contributed by atoms with E-state index in [4.69, 9.17) is 21.1 Å². The Morgan fingerprint density at radius 2 is 1.63 bits per heavy atom. The summed E-state index contributed by atoms with van der Waals surface area (Å²) >= 11 is 5.81. The lowest BCUT2D eigenvalue weighted by atomic mass is 10.0. The average molecular weight is 390 g/mol. The highest BCUT2D eigenvalue weighted by Crippen LogP contribution is 2.22. The number of hydrogen-bond donors (Lipinski definition) is 1. The highest BCUT2D eigenvalue weighted by molar-refractivity contribution is 6.30. The Hall–Kier alpha value is -2.53. The zero-order valence-electron chi connectivity index (χ0n) is 15.8. The number of carbonyl (C=O) groups excluding carboxylic acids is 2. The topological polar surface area (TPSA) is 64.6 Å². The molecule has 0 unspecified atom stereocenters. The third kappa shape index (κ3) is 6.00. The van der Waals surface area contributed by atoms with E-state index < -0.39 is 12.1 Å². The van der Waals surface area contributed by atoms with Gasteiger partial charge in [0.2, 0.25) is 0 Å². The first kappa shape index (κ1) is 20.8. The Morgan fingerprint density at radius 1 is 1.04 bits per heavy atom. The fourth-order valence-electron chi connectivity index (χ4n) is 2.60. The molecule has 0 aliphatic heterocycles. The molecule has 144 valence electrons. The molecule has 0 aliphatic carbocycles. The van der Waals surface area contributed by atoms with Crippen molar-refractivity contribution in [1.29, 1.82) is 0 Å². The number of carbonyl (C=O) groups is 2. The van der Waals surface area contributed by atoms with Crippen molar-refractivity contribution in [2.75, 3.05) is 11.9 Å². The number of amides is 1. The average Bonchev–Trinajstić information content (AvgIpc) is 2.67. The summed E-state index contributed by atoms with van der Waals surface area (Å²) in [6.45, 7) is 5.26. The molecule has 0 fully saturated rings. The van der Waals surface area contributed by atoms with Crippen molar-refractivity contribution < 1.29 is 19.1 Å². The standard InChI is InChI=1S/C21H24ClNO4/c1-4-15-7-6-8-16(5-2)20(15)23-19(24)13-26-21(25)14(3)27-18-11-9-17(22)10-12-18/h6-12,14H,4-5,13H2,1-3H3,(H,23,24)/t14-/m1/s1. The molecule has 1 amide bonds. The number of nitrogens with one attached hydrogen (secondary N) is 1. The number of halogens is 1. The molecule has 0 saturated heterocycles. The second-order valence-corrected chi connectivity index (χ2v) is 6.46. The number of anilines is 1. The van der Waals surface area contributed by atoms with Crippen LogP contribution in [0.5, 0.6) is 5.75 Å². The molecule has 27 heavy (non-hydrogen) atoms. The van der Waals surface area contributed by atoms with Crippen molar-refractivity contribution in [3.05, 3.63) is 58.6 Å². The Balaban J connectivity index is 1.89. The second kappa shape index (κ2) is 9.97. The fourth-order valence-corrected chi connectivity index (χ4v) is 2.72. The highest BCUT2D eigenvalue weighted by Gasteiger charge is 2.18. The van der Waals surface area contributed by atoms with Crippen LogP contribution < -0.4 is 10.1 Å². The molecule has 5 nitrogen and oxygen atoms in total. The van der Waals surface area contributed by atoms with Gasteiger partial charge in [0.1, 0.15) is 5.75 Å². The van der Waals surface area contributed by atoms with E-state index in [0.29, 0.717) is 10.8 Å². The summed E-state index contributed by atoms with van der Waals surface area (Å²) < 4.78 is 10.6. The number of para-hydroxylation sites is 1. The van der Waals surface area contributed by atoms with Gasteiger partial charge >= 0.3 is 5.97 Å². The molecular weight excluding hydrogens is 366 g/mol. The molecule has 1 atom stereocenters. The predicted molar refractivity (Wildman–Crippen MR) is 106 cm³/mol. The monoisotopic (exact) mass is 389 g/mol. The van der Waals surface area contributed by atoms with Crippen LogP contribution in [0.15, 0.2) is 42.5 Å². The first-order chi connectivity index (χ1) is 12.9. The minimum atomic E-state index is -0.840. The van der Waals surface area contributed by atoms with Crippen LogP contribution in [0.1, 0.15) is 31.9 Å². The van der Waals surface area contributed by atoms with Crippen LogP contribution in [0.2, 0.25) is 5.02 Å². The minimum Gasteiger partial charge on any atom is -0.479 e. The van der Waals surface area contributed by atoms with E-state index in [9.17, 15) is 9.59 Å². The number of hydrogen-bond acceptors (Lipinski definition) is 4. The van der Waals surface area contributed by atoms with Gasteiger partial charge in [0, 0.05) is 10.7 Å². The SMILES string of the molecule is CCc1cccc(CC)c1NC(=O)COC(=O)[C@@H](C)Oc1ccc(Cl)cc1. The number of aryl methyl sites for hydroxylation is 2. The van der Waals surface area contributed by atoms with Crippen LogP contribution in [0.3, 0.4) is 0 Å². The smallest absolute Gasteiger partial charge is 0.347 e. The van der Waals surface area contributed by atoms with Crippen molar-refractivity contribution in [3.8, 4) is 5.75 Å². The van der Waals surface area contributed by atoms with Crippen molar-refractivity contribution in [2.24, 2.45) is 0 Å². The lowest BCUT2D eigenvalue weighted by molar-refractivity contribution is -0.153. The third-order valence-electron chi connectivity index (χ3n) is 4.07. The first-order valence-corrected chi connectivity index (χ1v) is 9.31. The number of esters is 1. The Kier molecular flexibility index (Phi) is 7.67. The van der Waals surface area contributed by atoms with Gasteiger partial charge in [0.05, 0.1) is 0 Å². The molecule has 0 heterocycles. The van der Waals surface area contributed by atoms with E-state index in [1.165, 1.54) is 0 Å². The van der Waals surface area contributed by atoms with Crippen molar-refractivity contribution >= 4 is 29.2 Å². The van der Waals surface area contributed by atoms with Gasteiger partial charge in [-0.3, -0.25) is 4.79 Å². The summed E-state index contributed by atoms with van der Waals surface area (Å²) in [7, 11) is 0. The van der Waals surface area contributed by atoms with Crippen LogP contribution in [0.4, 0.5) is 5.69 Å². The van der Waals surface area contributed by atoms with Gasteiger partial charge in [-0.05, 0) is 55.2 Å². The number of ether oxygens (including phenoxy) is 2. The second-order valence-electron chi connectivity index (χ2n) is 6.03. The van der Waals surface area contributed by atoms with Gasteiger partial charge in [0.15, 0.2) is 12.7 Å². The third-order valence-corrected chi connectivity index (χ3v) is 4.32. The van der Waals surface area contributed by atoms with Gasteiger partial charge in [-0.2, -0.15) is 0 Å². The lowest BCUT2D eigenvalue weighted by Gasteiger charge is -2.16. The van der Waals surface area contributed by atoms with E-state index in [-0.39, 0.29) is 12.5 Å². The van der Waals surface area contributed by atoms with Crippen LogP contribution in [0.25, 0.3) is 0 Å². The molecule has 0 bridgehead atoms. The molecule has 2 rings (SSSR count). The maximum Gasteiger partial charge on any atom is 0.347 e. The summed E-state index contributed by atoms with van der Waals surface area (Å²) in [6.07, 6.45) is 0.762. The maximum absolute atomic E-state index is 12.2. The van der Waals surface area contributed by atoms with Gasteiger partial charge in [0.25, 0.3) is 5.91 Å². The largest absolute Gasteiger partial charge is 0.479 e. The van der Waals surface area contributed by atoms with Gasteiger partial charge < -0.3 is 14.8 Å². The lowest BCUT2D eigenvalue weighted by Crippen LogP contribution is -2.30. The normalized spacial score (nSPS) is 11.6. The maximum atomic E-state index is 12.2. The van der Waals surface area contributed by atoms with Crippen LogP contribution in [-0.2, 0) is 27.2 Å². The van der Waals surface area contributed by atoms with E-state index >= 15 is 0 Å². The molecule has 0 radical (unpaired) electrons. The highest BCUT2D eigenvalue weighted by atomic mass is 35.5. The van der Waals surface area contributed by atoms with E-state index in [2.05, 4.69) is 5.32 Å². The summed E-state index contributed by atoms with van der Waals surface area (Å²) in [6, 6.07) is 12.6. The molecule has 0 spiro atoms. The van der Waals surface area contributed by atoms with Crippen LogP contribution in [-0.4, -0.2) is 24.6 Å². The van der Waals surface area contributed by atoms with E-state index in [0.717, 1.165) is 29.7 Å². The molecule has 0 saturated carbocycles. The fraction of sp³-hybridized carbons (Fsp3) is 0.333. The van der Waals surface area contributed by atoms with Gasteiger partial charge in [-0.15, -0.1) is 0 Å². The molecular formula is C21H24ClNO4. The summed E-state index contributed by atoms with van der Waals surface area (Å²) in [4.78, 5) is 24.3. The molecule has 0 aromatic heterocycles. The Bertz CT molecular complexity index is 767. The predicted octanol–water partition coefficient (Wildman–Crippen LogP) is 4.41. The van der Waals surface area contributed by atoms with Crippen molar-refractivity contribution in [2.45, 2.75) is 39.7 Å². The zero-order valence-corrected chi connectivity index (χ0v) is 16.5. The van der Waals surface area contributed by atoms with Crippen LogP contribution in [0, 0.1) is 0 Å². The van der Waals surface area contributed by atoms with Gasteiger partial charge in [-0.1, -0.05) is 43.6 Å². The molecule has 0 aliphatic rings. The number of rotatable bonds is 8. The zero-order chi connectivity index (χ0) is 19.8. The Labute approximate surface area is 164 Å². The van der Waals surface area contributed by atoms with E-state index in [1.807, 2.05) is 32.0 Å². The van der Waals surface area contributed by atoms with E-state index in [1.54, 1.807) is 31.2 Å². The summed E-state index contributed by atoms with van der Waals surface area (Å²) in [5.74, 6) is -0.491. The number of benzene rings is 2. The quantitative estimate of drug-likeness (QED) is 0.679. The minimum absolute atomic E-state index is 0.367. The summed E-state index contributed by atoms with van der Waals surface area (Å²) in [5, 5.41) is 3.44. The van der Waals surface area contributed by atoms with Crippen molar-refractivity contribution in [3.63, 3.8) is 0 Å². The van der Waals surface area contributed by atoms with Gasteiger partial charge in [-0.25, -0.2) is 4.79 Å². The first-order valence-electron chi connectivity index (χ1n) is 8.94. The Morgan fingerprint density at radius 3 is 2.19 bits per heavy atom. The molecule has 2 aromatic carbocycles. The van der Waals surface area contributed by atoms with Crippen molar-refractivity contribution in [1.82, 2.24) is 0 Å². The molecule has 1 N–H and O–H groups in total. The molecule has 6 heteroatoms. The molecule has 2 aromatic rings. The van der Waals surface area contributed by atoms with Crippen LogP contribution >= 0.6 is 11.6 Å².